The Morgan fingerprint density at radius 1 is 1.05 bits per heavy atom. The molecule has 1 aromatic rings. The highest BCUT2D eigenvalue weighted by Crippen LogP contribution is 2.47. The lowest BCUT2D eigenvalue weighted by Gasteiger charge is -2.19. The van der Waals surface area contributed by atoms with E-state index in [1.807, 2.05) is 18.2 Å². The van der Waals surface area contributed by atoms with Crippen LogP contribution in [0, 0.1) is 11.8 Å². The molecule has 2 bridgehead atoms. The maximum atomic E-state index is 12.6. The van der Waals surface area contributed by atoms with E-state index in [9.17, 15) is 9.59 Å². The van der Waals surface area contributed by atoms with Crippen molar-refractivity contribution in [1.82, 2.24) is 0 Å². The Balaban J connectivity index is 1.78. The average molecular weight is 271 g/mol. The number of hydrogen-bond acceptors (Lipinski definition) is 4. The number of para-hydroxylation sites is 2. The highest BCUT2D eigenvalue weighted by atomic mass is 16.5. The second-order valence-corrected chi connectivity index (χ2v) is 5.19. The van der Waals surface area contributed by atoms with Gasteiger partial charge in [-0.25, -0.2) is 4.90 Å². The summed E-state index contributed by atoms with van der Waals surface area (Å²) in [7, 11) is 1.53. The van der Waals surface area contributed by atoms with E-state index < -0.39 is 0 Å². The first-order valence-corrected chi connectivity index (χ1v) is 6.57. The standard InChI is InChI=1S/C15H13NO4/c1-19-9-5-3-2-4-8(9)16-14(17)12-10-6-7-11(20-10)13(12)15(16)18/h2-7,10-13H,1H3/t10-,11-,12+,13+/m1/s1. The molecule has 4 atom stereocenters. The zero-order valence-corrected chi connectivity index (χ0v) is 10.9. The Kier molecular flexibility index (Phi) is 2.29. The summed E-state index contributed by atoms with van der Waals surface area (Å²) < 4.78 is 10.9. The van der Waals surface area contributed by atoms with Crippen molar-refractivity contribution in [3.8, 4) is 5.75 Å². The van der Waals surface area contributed by atoms with Crippen molar-refractivity contribution < 1.29 is 19.1 Å². The van der Waals surface area contributed by atoms with Gasteiger partial charge in [-0.15, -0.1) is 0 Å². The van der Waals surface area contributed by atoms with E-state index in [0.717, 1.165) is 0 Å². The maximum Gasteiger partial charge on any atom is 0.240 e. The molecule has 0 spiro atoms. The van der Waals surface area contributed by atoms with Crippen LogP contribution in [0.4, 0.5) is 5.69 Å². The van der Waals surface area contributed by atoms with Gasteiger partial charge in [0.2, 0.25) is 11.8 Å². The van der Waals surface area contributed by atoms with E-state index in [1.54, 1.807) is 18.2 Å². The Morgan fingerprint density at radius 2 is 1.65 bits per heavy atom. The fraction of sp³-hybridized carbons (Fsp3) is 0.333. The number of hydrogen-bond donors (Lipinski definition) is 0. The molecule has 4 rings (SSSR count). The smallest absolute Gasteiger partial charge is 0.240 e. The summed E-state index contributed by atoms with van der Waals surface area (Å²) in [5.74, 6) is -0.636. The van der Waals surface area contributed by atoms with Gasteiger partial charge in [0, 0.05) is 0 Å². The molecule has 0 aromatic heterocycles. The first-order chi connectivity index (χ1) is 9.72. The number of imide groups is 1. The molecule has 102 valence electrons. The number of anilines is 1. The van der Waals surface area contributed by atoms with E-state index in [-0.39, 0.29) is 35.9 Å². The molecule has 0 aliphatic carbocycles. The fourth-order valence-electron chi connectivity index (χ4n) is 3.36. The molecule has 3 aliphatic heterocycles. The molecule has 1 aromatic carbocycles. The van der Waals surface area contributed by atoms with Crippen molar-refractivity contribution in [2.24, 2.45) is 11.8 Å². The molecular weight excluding hydrogens is 258 g/mol. The highest BCUT2D eigenvalue weighted by molar-refractivity contribution is 6.23. The van der Waals surface area contributed by atoms with E-state index in [0.29, 0.717) is 11.4 Å². The van der Waals surface area contributed by atoms with Crippen molar-refractivity contribution >= 4 is 17.5 Å². The Bertz CT molecular complexity index is 609. The van der Waals surface area contributed by atoms with Crippen LogP contribution in [0.1, 0.15) is 0 Å². The van der Waals surface area contributed by atoms with Gasteiger partial charge in [0.25, 0.3) is 0 Å². The van der Waals surface area contributed by atoms with Crippen LogP contribution < -0.4 is 9.64 Å². The minimum Gasteiger partial charge on any atom is -0.495 e. The van der Waals surface area contributed by atoms with Crippen molar-refractivity contribution in [3.05, 3.63) is 36.4 Å². The van der Waals surface area contributed by atoms with Crippen LogP contribution >= 0.6 is 0 Å². The SMILES string of the molecule is COc1ccccc1N1C(=O)[C@@H]2[C@@H](C1=O)[C@H]1C=C[C@H]2O1. The van der Waals surface area contributed by atoms with Gasteiger partial charge in [0.15, 0.2) is 0 Å². The van der Waals surface area contributed by atoms with Crippen molar-refractivity contribution in [2.75, 3.05) is 12.0 Å². The first kappa shape index (κ1) is 11.7. The Morgan fingerprint density at radius 3 is 2.25 bits per heavy atom. The minimum atomic E-state index is -0.387. The van der Waals surface area contributed by atoms with Crippen LogP contribution in [-0.4, -0.2) is 31.1 Å². The summed E-state index contributed by atoms with van der Waals surface area (Å²) in [5.41, 5.74) is 0.513. The van der Waals surface area contributed by atoms with Gasteiger partial charge in [-0.2, -0.15) is 0 Å². The largest absolute Gasteiger partial charge is 0.495 e. The van der Waals surface area contributed by atoms with Gasteiger partial charge >= 0.3 is 0 Å². The summed E-state index contributed by atoms with van der Waals surface area (Å²) in [4.78, 5) is 26.4. The summed E-state index contributed by atoms with van der Waals surface area (Å²) in [6, 6.07) is 7.07. The van der Waals surface area contributed by atoms with Crippen LogP contribution in [0.3, 0.4) is 0 Å². The molecular formula is C15H13NO4. The molecule has 3 heterocycles. The number of ether oxygens (including phenoxy) is 2. The summed E-state index contributed by atoms with van der Waals surface area (Å²) in [5, 5.41) is 0. The highest BCUT2D eigenvalue weighted by Gasteiger charge is 2.61. The summed E-state index contributed by atoms with van der Waals surface area (Å²) in [6.45, 7) is 0. The third kappa shape index (κ3) is 1.30. The fourth-order valence-corrected chi connectivity index (χ4v) is 3.36. The second-order valence-electron chi connectivity index (χ2n) is 5.19. The number of carbonyl (C=O) groups is 2. The second kappa shape index (κ2) is 3.93. The predicted molar refractivity (Wildman–Crippen MR) is 70.3 cm³/mol. The molecule has 5 nitrogen and oxygen atoms in total. The van der Waals surface area contributed by atoms with Crippen molar-refractivity contribution in [2.45, 2.75) is 12.2 Å². The molecule has 20 heavy (non-hydrogen) atoms. The number of carbonyl (C=O) groups excluding carboxylic acids is 2. The van der Waals surface area contributed by atoms with E-state index in [1.165, 1.54) is 12.0 Å². The predicted octanol–water partition coefficient (Wildman–Crippen LogP) is 1.14. The lowest BCUT2D eigenvalue weighted by Crippen LogP contribution is -2.34. The summed E-state index contributed by atoms with van der Waals surface area (Å²) >= 11 is 0. The van der Waals surface area contributed by atoms with Crippen LogP contribution in [-0.2, 0) is 14.3 Å². The van der Waals surface area contributed by atoms with Gasteiger partial charge in [-0.3, -0.25) is 9.59 Å². The van der Waals surface area contributed by atoms with E-state index in [4.69, 9.17) is 9.47 Å². The number of nitrogens with zero attached hydrogens (tertiary/aromatic N) is 1. The topological polar surface area (TPSA) is 55.8 Å². The van der Waals surface area contributed by atoms with Crippen LogP contribution in [0.25, 0.3) is 0 Å². The summed E-state index contributed by atoms with van der Waals surface area (Å²) in [6.07, 6.45) is 3.23. The third-order valence-corrected chi connectivity index (χ3v) is 4.24. The molecule has 0 saturated carbocycles. The van der Waals surface area contributed by atoms with Gasteiger partial charge in [0.1, 0.15) is 5.75 Å². The molecule has 0 N–H and O–H groups in total. The molecule has 5 heteroatoms. The number of amides is 2. The lowest BCUT2D eigenvalue weighted by atomic mass is 9.85. The number of methoxy groups -OCH3 is 1. The van der Waals surface area contributed by atoms with Crippen molar-refractivity contribution in [1.29, 1.82) is 0 Å². The lowest BCUT2D eigenvalue weighted by molar-refractivity contribution is -0.124. The number of rotatable bonds is 2. The molecule has 2 saturated heterocycles. The van der Waals surface area contributed by atoms with Crippen molar-refractivity contribution in [3.63, 3.8) is 0 Å². The Hall–Kier alpha value is -2.14. The maximum absolute atomic E-state index is 12.6. The molecule has 0 unspecified atom stereocenters. The van der Waals surface area contributed by atoms with Gasteiger partial charge in [-0.05, 0) is 12.1 Å². The van der Waals surface area contributed by atoms with Crippen LogP contribution in [0.5, 0.6) is 5.75 Å². The Labute approximate surface area is 115 Å². The molecule has 2 fully saturated rings. The average Bonchev–Trinajstić information content (AvgIpc) is 3.13. The third-order valence-electron chi connectivity index (χ3n) is 4.24. The quantitative estimate of drug-likeness (QED) is 0.598. The van der Waals surface area contributed by atoms with Gasteiger partial charge in [0.05, 0.1) is 36.8 Å². The monoisotopic (exact) mass is 271 g/mol. The molecule has 2 amide bonds. The minimum absolute atomic E-state index is 0.193. The van der Waals surface area contributed by atoms with E-state index >= 15 is 0 Å². The normalized spacial score (nSPS) is 34.0. The number of fused-ring (bicyclic) bond motifs is 5. The number of benzene rings is 1. The van der Waals surface area contributed by atoms with Crippen LogP contribution in [0.15, 0.2) is 36.4 Å². The zero-order chi connectivity index (χ0) is 13.9. The molecule has 0 radical (unpaired) electrons. The van der Waals surface area contributed by atoms with Crippen LogP contribution in [0.2, 0.25) is 0 Å². The molecule has 3 aliphatic rings. The van der Waals surface area contributed by atoms with E-state index in [2.05, 4.69) is 0 Å². The zero-order valence-electron chi connectivity index (χ0n) is 10.9. The van der Waals surface area contributed by atoms with Gasteiger partial charge in [-0.1, -0.05) is 24.3 Å². The van der Waals surface area contributed by atoms with Gasteiger partial charge < -0.3 is 9.47 Å². The first-order valence-electron chi connectivity index (χ1n) is 6.57.